The molecule has 1 aliphatic heterocycles. The first-order valence-corrected chi connectivity index (χ1v) is 8.40. The van der Waals surface area contributed by atoms with Crippen LogP contribution < -0.4 is 5.32 Å². The molecular weight excluding hydrogens is 341 g/mol. The Morgan fingerprint density at radius 1 is 1.19 bits per heavy atom. The summed E-state index contributed by atoms with van der Waals surface area (Å²) in [7, 11) is 2.00. The van der Waals surface area contributed by atoms with Crippen LogP contribution in [0.25, 0.3) is 11.3 Å². The van der Waals surface area contributed by atoms with Crippen LogP contribution in [-0.2, 0) is 6.18 Å². The summed E-state index contributed by atoms with van der Waals surface area (Å²) in [4.78, 5) is 10.5. The van der Waals surface area contributed by atoms with Crippen LogP contribution in [0.3, 0.4) is 0 Å². The third kappa shape index (κ3) is 4.04. The average Bonchev–Trinajstić information content (AvgIpc) is 2.60. The van der Waals surface area contributed by atoms with E-state index in [2.05, 4.69) is 27.1 Å². The number of aromatic nitrogens is 1. The number of alkyl halides is 3. The van der Waals surface area contributed by atoms with Crippen LogP contribution in [0.1, 0.15) is 24.5 Å². The van der Waals surface area contributed by atoms with E-state index in [0.29, 0.717) is 12.1 Å². The third-order valence-electron chi connectivity index (χ3n) is 4.10. The summed E-state index contributed by atoms with van der Waals surface area (Å²) in [6, 6.07) is 7.43. The van der Waals surface area contributed by atoms with Crippen molar-refractivity contribution in [2.24, 2.45) is 4.99 Å². The van der Waals surface area contributed by atoms with Crippen molar-refractivity contribution >= 4 is 11.5 Å². The van der Waals surface area contributed by atoms with Crippen LogP contribution in [-0.4, -0.2) is 35.9 Å². The van der Waals surface area contributed by atoms with E-state index in [1.54, 1.807) is 24.7 Å². The van der Waals surface area contributed by atoms with E-state index in [9.17, 15) is 13.2 Å². The Hall–Kier alpha value is -2.41. The van der Waals surface area contributed by atoms with Crippen molar-refractivity contribution in [2.45, 2.75) is 19.5 Å². The molecule has 2 heterocycles. The molecule has 137 valence electrons. The van der Waals surface area contributed by atoms with E-state index >= 15 is 0 Å². The zero-order chi connectivity index (χ0) is 18.7. The fourth-order valence-corrected chi connectivity index (χ4v) is 2.92. The number of benzene rings is 1. The van der Waals surface area contributed by atoms with Gasteiger partial charge in [0.1, 0.15) is 12.4 Å². The number of nitrogens with zero attached hydrogens (tertiary/aromatic N) is 3. The fraction of sp³-hybridized carbons (Fsp3) is 0.316. The maximum atomic E-state index is 13.3. The lowest BCUT2D eigenvalue weighted by Gasteiger charge is -2.23. The molecule has 0 spiro atoms. The Labute approximate surface area is 150 Å². The molecule has 0 aliphatic carbocycles. The van der Waals surface area contributed by atoms with Gasteiger partial charge in [0, 0.05) is 23.0 Å². The highest BCUT2D eigenvalue weighted by Crippen LogP contribution is 2.37. The van der Waals surface area contributed by atoms with Gasteiger partial charge in [0.15, 0.2) is 0 Å². The van der Waals surface area contributed by atoms with Crippen molar-refractivity contribution in [1.82, 2.24) is 9.88 Å². The van der Waals surface area contributed by atoms with Gasteiger partial charge in [-0.3, -0.25) is 14.9 Å². The second-order valence-electron chi connectivity index (χ2n) is 6.27. The van der Waals surface area contributed by atoms with Gasteiger partial charge in [-0.25, -0.2) is 0 Å². The molecule has 1 radical (unpaired) electrons. The number of aliphatic imine (C=N–C) groups is 1. The van der Waals surface area contributed by atoms with Gasteiger partial charge in [-0.05, 0) is 38.2 Å². The molecular formula is C19H20F3N4. The SMILES string of the molecule is CCCN(C)CC1=N[CH]c2ccc(-c3ncccc3C(F)(F)F)cc2N1. The van der Waals surface area contributed by atoms with Gasteiger partial charge in [-0.15, -0.1) is 0 Å². The van der Waals surface area contributed by atoms with E-state index in [0.717, 1.165) is 36.1 Å². The summed E-state index contributed by atoms with van der Waals surface area (Å²) in [5, 5.41) is 3.22. The molecule has 26 heavy (non-hydrogen) atoms. The number of nitrogens with one attached hydrogen (secondary N) is 1. The quantitative estimate of drug-likeness (QED) is 0.856. The van der Waals surface area contributed by atoms with E-state index in [-0.39, 0.29) is 5.69 Å². The molecule has 2 aromatic rings. The summed E-state index contributed by atoms with van der Waals surface area (Å²) >= 11 is 0. The molecule has 0 bridgehead atoms. The van der Waals surface area contributed by atoms with Crippen LogP contribution in [0, 0.1) is 6.54 Å². The van der Waals surface area contributed by atoms with Gasteiger partial charge in [0.05, 0.1) is 17.8 Å². The number of fused-ring (bicyclic) bond motifs is 1. The number of anilines is 1. The molecule has 0 saturated carbocycles. The molecule has 3 rings (SSSR count). The maximum absolute atomic E-state index is 13.3. The number of amidine groups is 1. The normalized spacial score (nSPS) is 14.0. The number of halogens is 3. The molecule has 1 aliphatic rings. The predicted octanol–water partition coefficient (Wildman–Crippen LogP) is 4.44. The minimum Gasteiger partial charge on any atom is -0.343 e. The second kappa shape index (κ2) is 7.45. The predicted molar refractivity (Wildman–Crippen MR) is 96.9 cm³/mol. The molecule has 0 amide bonds. The van der Waals surface area contributed by atoms with Crippen molar-refractivity contribution < 1.29 is 13.2 Å². The zero-order valence-electron chi connectivity index (χ0n) is 14.6. The van der Waals surface area contributed by atoms with Gasteiger partial charge in [0.2, 0.25) is 0 Å². The summed E-state index contributed by atoms with van der Waals surface area (Å²) in [6.45, 7) is 5.42. The lowest BCUT2D eigenvalue weighted by Crippen LogP contribution is -2.32. The topological polar surface area (TPSA) is 40.5 Å². The average molecular weight is 361 g/mol. The summed E-state index contributed by atoms with van der Waals surface area (Å²) < 4.78 is 39.8. The molecule has 0 unspecified atom stereocenters. The molecule has 1 aromatic carbocycles. The summed E-state index contributed by atoms with van der Waals surface area (Å²) in [6.07, 6.45) is -2.04. The number of rotatable bonds is 5. The van der Waals surface area contributed by atoms with Gasteiger partial charge in [-0.2, -0.15) is 13.2 Å². The molecule has 0 atom stereocenters. The molecule has 1 aromatic heterocycles. The van der Waals surface area contributed by atoms with Crippen LogP contribution in [0.2, 0.25) is 0 Å². The van der Waals surface area contributed by atoms with E-state index in [1.807, 2.05) is 7.05 Å². The Kier molecular flexibility index (Phi) is 5.27. The Morgan fingerprint density at radius 3 is 2.73 bits per heavy atom. The van der Waals surface area contributed by atoms with Crippen LogP contribution in [0.15, 0.2) is 41.5 Å². The van der Waals surface area contributed by atoms with E-state index < -0.39 is 11.7 Å². The number of hydrogen-bond acceptors (Lipinski definition) is 4. The van der Waals surface area contributed by atoms with E-state index in [1.165, 1.54) is 12.3 Å². The number of hydrogen-bond donors (Lipinski definition) is 1. The zero-order valence-corrected chi connectivity index (χ0v) is 14.6. The summed E-state index contributed by atoms with van der Waals surface area (Å²) in [5.74, 6) is 0.766. The first kappa shape index (κ1) is 18.4. The number of pyridine rings is 1. The summed E-state index contributed by atoms with van der Waals surface area (Å²) in [5.41, 5.74) is 1.17. The van der Waals surface area contributed by atoms with Crippen molar-refractivity contribution in [1.29, 1.82) is 0 Å². The lowest BCUT2D eigenvalue weighted by atomic mass is 10.0. The Bertz CT molecular complexity index is 815. The highest BCUT2D eigenvalue weighted by atomic mass is 19.4. The van der Waals surface area contributed by atoms with Crippen molar-refractivity contribution in [3.05, 3.63) is 54.2 Å². The van der Waals surface area contributed by atoms with Crippen molar-refractivity contribution in [2.75, 3.05) is 25.5 Å². The molecule has 7 heteroatoms. The Balaban J connectivity index is 1.88. The lowest BCUT2D eigenvalue weighted by molar-refractivity contribution is -0.137. The molecule has 0 saturated heterocycles. The highest BCUT2D eigenvalue weighted by molar-refractivity contribution is 6.00. The van der Waals surface area contributed by atoms with Crippen molar-refractivity contribution in [3.63, 3.8) is 0 Å². The van der Waals surface area contributed by atoms with Crippen molar-refractivity contribution in [3.8, 4) is 11.3 Å². The fourth-order valence-electron chi connectivity index (χ4n) is 2.92. The van der Waals surface area contributed by atoms with Gasteiger partial charge < -0.3 is 5.32 Å². The number of likely N-dealkylation sites (N-methyl/N-ethyl adjacent to an activating group) is 1. The first-order chi connectivity index (χ1) is 12.4. The van der Waals surface area contributed by atoms with E-state index in [4.69, 9.17) is 0 Å². The second-order valence-corrected chi connectivity index (χ2v) is 6.27. The van der Waals surface area contributed by atoms with Crippen LogP contribution in [0.4, 0.5) is 18.9 Å². The molecule has 0 fully saturated rings. The first-order valence-electron chi connectivity index (χ1n) is 8.40. The van der Waals surface area contributed by atoms with Gasteiger partial charge in [0.25, 0.3) is 0 Å². The Morgan fingerprint density at radius 2 is 2.00 bits per heavy atom. The third-order valence-corrected chi connectivity index (χ3v) is 4.10. The van der Waals surface area contributed by atoms with Crippen LogP contribution in [0.5, 0.6) is 0 Å². The smallest absolute Gasteiger partial charge is 0.343 e. The van der Waals surface area contributed by atoms with Gasteiger partial charge in [-0.1, -0.05) is 19.1 Å². The monoisotopic (exact) mass is 361 g/mol. The minimum absolute atomic E-state index is 0.0724. The largest absolute Gasteiger partial charge is 0.418 e. The maximum Gasteiger partial charge on any atom is 0.418 e. The highest BCUT2D eigenvalue weighted by Gasteiger charge is 2.34. The van der Waals surface area contributed by atoms with Gasteiger partial charge >= 0.3 is 6.18 Å². The standard InChI is InChI=1S/C19H20F3N4/c1-3-9-26(2)12-17-24-11-14-7-6-13(10-16(14)25-17)18-15(19(20,21)22)5-4-8-23-18/h4-8,10-11H,3,9,12H2,1-2H3,(H,24,25). The van der Waals surface area contributed by atoms with Crippen LogP contribution >= 0.6 is 0 Å². The minimum atomic E-state index is -4.45. The molecule has 1 N–H and O–H groups in total. The molecule has 4 nitrogen and oxygen atoms in total.